The molecule has 2 fully saturated rings. The monoisotopic (exact) mass is 297 g/mol. The molecule has 2 rings (SSSR count). The Morgan fingerprint density at radius 1 is 0.952 bits per heavy atom. The topological polar surface area (TPSA) is 38.7 Å². The second-order valence-corrected chi connectivity index (χ2v) is 7.04. The summed E-state index contributed by atoms with van der Waals surface area (Å²) >= 11 is 0. The van der Waals surface area contributed by atoms with Crippen molar-refractivity contribution in [3.8, 4) is 0 Å². The summed E-state index contributed by atoms with van der Waals surface area (Å²) in [5.41, 5.74) is 0.514. The van der Waals surface area contributed by atoms with E-state index >= 15 is 0 Å². The highest BCUT2D eigenvalue weighted by Crippen LogP contribution is 2.36. The zero-order valence-corrected chi connectivity index (χ0v) is 13.9. The fraction of sp³-hybridized carbons (Fsp3) is 1.00. The Labute approximate surface area is 130 Å². The predicted octanol–water partition coefficient (Wildman–Crippen LogP) is 1.55. The molecule has 1 heterocycles. The van der Waals surface area contributed by atoms with E-state index in [9.17, 15) is 0 Å². The zero-order valence-electron chi connectivity index (χ0n) is 13.9. The highest BCUT2D eigenvalue weighted by Gasteiger charge is 2.33. The van der Waals surface area contributed by atoms with Crippen LogP contribution in [-0.2, 0) is 0 Å². The molecule has 1 aliphatic heterocycles. The van der Waals surface area contributed by atoms with Gasteiger partial charge < -0.3 is 15.3 Å². The van der Waals surface area contributed by atoms with Crippen molar-refractivity contribution in [2.24, 2.45) is 5.41 Å². The maximum atomic E-state index is 9.11. The third kappa shape index (κ3) is 5.51. The van der Waals surface area contributed by atoms with Crippen LogP contribution in [0.5, 0.6) is 0 Å². The third-order valence-corrected chi connectivity index (χ3v) is 5.32. The average molecular weight is 297 g/mol. The second-order valence-electron chi connectivity index (χ2n) is 7.04. The van der Waals surface area contributed by atoms with Crippen LogP contribution < -0.4 is 5.32 Å². The minimum absolute atomic E-state index is 0.296. The number of aliphatic hydroxyl groups is 1. The van der Waals surface area contributed by atoms with Crippen molar-refractivity contribution in [1.82, 2.24) is 15.1 Å². The first-order valence-electron chi connectivity index (χ1n) is 9.04. The molecule has 0 unspecified atom stereocenters. The Kier molecular flexibility index (Phi) is 7.44. The third-order valence-electron chi connectivity index (χ3n) is 5.32. The molecule has 124 valence electrons. The van der Waals surface area contributed by atoms with E-state index < -0.39 is 0 Å². The van der Waals surface area contributed by atoms with Crippen LogP contribution >= 0.6 is 0 Å². The number of nitrogens with zero attached hydrogens (tertiary/aromatic N) is 2. The van der Waals surface area contributed by atoms with Gasteiger partial charge in [-0.1, -0.05) is 26.2 Å². The fourth-order valence-corrected chi connectivity index (χ4v) is 4.10. The summed E-state index contributed by atoms with van der Waals surface area (Å²) in [6.45, 7) is 11.6. The smallest absolute Gasteiger partial charge is 0.0558 e. The van der Waals surface area contributed by atoms with Gasteiger partial charge in [-0.25, -0.2) is 0 Å². The Morgan fingerprint density at radius 2 is 1.67 bits per heavy atom. The number of hydrogen-bond acceptors (Lipinski definition) is 4. The molecule has 4 nitrogen and oxygen atoms in total. The molecule has 0 aromatic carbocycles. The molecule has 2 N–H and O–H groups in total. The lowest BCUT2D eigenvalue weighted by Crippen LogP contribution is -2.46. The Bertz CT molecular complexity index is 279. The molecule has 4 heteroatoms. The van der Waals surface area contributed by atoms with E-state index in [-0.39, 0.29) is 0 Å². The lowest BCUT2D eigenvalue weighted by molar-refractivity contribution is 0.104. The maximum absolute atomic E-state index is 9.11. The van der Waals surface area contributed by atoms with E-state index in [1.165, 1.54) is 64.7 Å². The van der Waals surface area contributed by atoms with Gasteiger partial charge in [0.2, 0.25) is 0 Å². The van der Waals surface area contributed by atoms with E-state index in [1.807, 2.05) is 0 Å². The molecule has 2 aliphatic rings. The van der Waals surface area contributed by atoms with Gasteiger partial charge in [-0.3, -0.25) is 4.90 Å². The SMILES string of the molecule is CCNCC1(CN2CCCN(CCO)CC2)CCCCC1. The minimum Gasteiger partial charge on any atom is -0.395 e. The minimum atomic E-state index is 0.296. The summed E-state index contributed by atoms with van der Waals surface area (Å²) in [5.74, 6) is 0. The van der Waals surface area contributed by atoms with Gasteiger partial charge in [0.05, 0.1) is 6.61 Å². The molecule has 0 spiro atoms. The van der Waals surface area contributed by atoms with Gasteiger partial charge in [-0.05, 0) is 44.3 Å². The number of β-amino-alcohol motifs (C(OH)–C–C–N with tert-alkyl or cyclic N) is 1. The van der Waals surface area contributed by atoms with E-state index in [4.69, 9.17) is 5.11 Å². The Morgan fingerprint density at radius 3 is 2.38 bits per heavy atom. The molecule has 1 saturated carbocycles. The summed E-state index contributed by atoms with van der Waals surface area (Å²) in [6, 6.07) is 0. The van der Waals surface area contributed by atoms with Crippen LogP contribution in [0.1, 0.15) is 45.4 Å². The van der Waals surface area contributed by atoms with Gasteiger partial charge in [0.1, 0.15) is 0 Å². The van der Waals surface area contributed by atoms with Crippen LogP contribution in [0.25, 0.3) is 0 Å². The Hall–Kier alpha value is -0.160. The zero-order chi connectivity index (χ0) is 15.0. The van der Waals surface area contributed by atoms with Crippen molar-refractivity contribution in [2.45, 2.75) is 45.4 Å². The molecule has 21 heavy (non-hydrogen) atoms. The summed E-state index contributed by atoms with van der Waals surface area (Å²) in [7, 11) is 0. The van der Waals surface area contributed by atoms with Crippen molar-refractivity contribution in [1.29, 1.82) is 0 Å². The first-order chi connectivity index (χ1) is 10.3. The van der Waals surface area contributed by atoms with Crippen molar-refractivity contribution in [3.63, 3.8) is 0 Å². The van der Waals surface area contributed by atoms with Crippen LogP contribution in [0, 0.1) is 5.41 Å². The number of nitrogens with one attached hydrogen (secondary N) is 1. The van der Waals surface area contributed by atoms with Crippen molar-refractivity contribution >= 4 is 0 Å². The van der Waals surface area contributed by atoms with Crippen LogP contribution in [0.3, 0.4) is 0 Å². The molecule has 1 saturated heterocycles. The maximum Gasteiger partial charge on any atom is 0.0558 e. The van der Waals surface area contributed by atoms with E-state index in [0.717, 1.165) is 26.2 Å². The summed E-state index contributed by atoms with van der Waals surface area (Å²) in [4.78, 5) is 5.11. The normalized spacial score (nSPS) is 24.9. The van der Waals surface area contributed by atoms with Gasteiger partial charge in [0.25, 0.3) is 0 Å². The van der Waals surface area contributed by atoms with Crippen LogP contribution in [-0.4, -0.2) is 73.9 Å². The van der Waals surface area contributed by atoms with E-state index in [1.54, 1.807) is 0 Å². The van der Waals surface area contributed by atoms with Gasteiger partial charge in [0.15, 0.2) is 0 Å². The van der Waals surface area contributed by atoms with Gasteiger partial charge in [-0.15, -0.1) is 0 Å². The predicted molar refractivity (Wildman–Crippen MR) is 88.6 cm³/mol. The van der Waals surface area contributed by atoms with Crippen LogP contribution in [0.4, 0.5) is 0 Å². The quantitative estimate of drug-likeness (QED) is 0.748. The average Bonchev–Trinajstić information content (AvgIpc) is 2.72. The largest absolute Gasteiger partial charge is 0.395 e. The molecule has 0 aromatic heterocycles. The Balaban J connectivity index is 1.87. The number of aliphatic hydroxyl groups excluding tert-OH is 1. The fourth-order valence-electron chi connectivity index (χ4n) is 4.10. The highest BCUT2D eigenvalue weighted by molar-refractivity contribution is 4.88. The molecule has 0 atom stereocenters. The lowest BCUT2D eigenvalue weighted by atomic mass is 9.73. The van der Waals surface area contributed by atoms with E-state index in [2.05, 4.69) is 22.0 Å². The number of rotatable bonds is 7. The lowest BCUT2D eigenvalue weighted by Gasteiger charge is -2.41. The first kappa shape index (κ1) is 17.2. The molecular formula is C17H35N3O. The molecule has 0 bridgehead atoms. The first-order valence-corrected chi connectivity index (χ1v) is 9.04. The summed E-state index contributed by atoms with van der Waals surface area (Å²) < 4.78 is 0. The summed E-state index contributed by atoms with van der Waals surface area (Å²) in [5, 5.41) is 12.7. The van der Waals surface area contributed by atoms with Gasteiger partial charge in [0, 0.05) is 32.7 Å². The highest BCUT2D eigenvalue weighted by atomic mass is 16.3. The molecule has 1 aliphatic carbocycles. The number of hydrogen-bond donors (Lipinski definition) is 2. The van der Waals surface area contributed by atoms with Crippen LogP contribution in [0.15, 0.2) is 0 Å². The van der Waals surface area contributed by atoms with Crippen molar-refractivity contribution in [2.75, 3.05) is 59.0 Å². The molecule has 0 aromatic rings. The van der Waals surface area contributed by atoms with Crippen molar-refractivity contribution in [3.05, 3.63) is 0 Å². The standard InChI is InChI=1S/C17H35N3O/c1-2-18-15-17(7-4-3-5-8-17)16-20-10-6-9-19(11-12-20)13-14-21/h18,21H,2-16H2,1H3. The van der Waals surface area contributed by atoms with E-state index in [0.29, 0.717) is 12.0 Å². The molecule has 0 amide bonds. The van der Waals surface area contributed by atoms with Gasteiger partial charge >= 0.3 is 0 Å². The summed E-state index contributed by atoms with van der Waals surface area (Å²) in [6.07, 6.45) is 8.30. The van der Waals surface area contributed by atoms with Crippen LogP contribution in [0.2, 0.25) is 0 Å². The van der Waals surface area contributed by atoms with Crippen molar-refractivity contribution < 1.29 is 5.11 Å². The molecular weight excluding hydrogens is 262 g/mol. The van der Waals surface area contributed by atoms with Gasteiger partial charge in [-0.2, -0.15) is 0 Å². The molecule has 0 radical (unpaired) electrons. The second kappa shape index (κ2) is 9.09.